The molecule has 3 heterocycles. The molecule has 9 heteroatoms. The summed E-state index contributed by atoms with van der Waals surface area (Å²) in [7, 11) is 1.83. The van der Waals surface area contributed by atoms with Gasteiger partial charge in [0, 0.05) is 13.6 Å². The molecule has 0 bridgehead atoms. The Morgan fingerprint density at radius 3 is 2.91 bits per heavy atom. The van der Waals surface area contributed by atoms with Crippen molar-refractivity contribution >= 4 is 23.1 Å². The summed E-state index contributed by atoms with van der Waals surface area (Å²) in [6.45, 7) is 6.53. The minimum absolute atomic E-state index is 0.0731. The summed E-state index contributed by atoms with van der Waals surface area (Å²) >= 11 is 3.23. The Morgan fingerprint density at radius 2 is 2.27 bits per heavy atom. The van der Waals surface area contributed by atoms with Gasteiger partial charge >= 0.3 is 0 Å². The van der Waals surface area contributed by atoms with Crippen LogP contribution < -0.4 is 0 Å². The molecule has 0 aliphatic rings. The number of hydrogen-bond acceptors (Lipinski definition) is 7. The van der Waals surface area contributed by atoms with Gasteiger partial charge in [-0.05, 0) is 28.8 Å². The van der Waals surface area contributed by atoms with E-state index in [1.54, 1.807) is 27.8 Å². The van der Waals surface area contributed by atoms with E-state index in [1.807, 2.05) is 37.6 Å². The molecule has 0 N–H and O–H groups in total. The Labute approximate surface area is 136 Å². The van der Waals surface area contributed by atoms with E-state index in [0.29, 0.717) is 6.54 Å². The number of hydrogen-bond donors (Lipinski definition) is 0. The van der Waals surface area contributed by atoms with Crippen molar-refractivity contribution in [2.45, 2.75) is 23.9 Å². The normalized spacial score (nSPS) is 12.5. The Kier molecular flexibility index (Phi) is 4.34. The molecule has 0 saturated heterocycles. The number of allylic oxidation sites excluding steroid dienone is 1. The highest BCUT2D eigenvalue weighted by atomic mass is 32.2. The van der Waals surface area contributed by atoms with Crippen molar-refractivity contribution in [3.05, 3.63) is 36.0 Å². The molecule has 3 aromatic rings. The maximum atomic E-state index is 4.33. The fourth-order valence-electron chi connectivity index (χ4n) is 2.05. The van der Waals surface area contributed by atoms with Crippen molar-refractivity contribution in [1.82, 2.24) is 35.0 Å². The average Bonchev–Trinajstić information content (AvgIpc) is 3.21. The van der Waals surface area contributed by atoms with Gasteiger partial charge in [0.25, 0.3) is 0 Å². The fraction of sp³-hybridized carbons (Fsp3) is 0.308. The maximum absolute atomic E-state index is 4.33. The summed E-state index contributed by atoms with van der Waals surface area (Å²) in [5, 5.41) is 23.2. The Morgan fingerprint density at radius 1 is 1.41 bits per heavy atom. The third-order valence-corrected chi connectivity index (χ3v) is 5.01. The topological polar surface area (TPSA) is 74.3 Å². The molecule has 22 heavy (non-hydrogen) atoms. The molecule has 0 amide bonds. The van der Waals surface area contributed by atoms with Gasteiger partial charge in [0.2, 0.25) is 0 Å². The molecule has 0 spiro atoms. The van der Waals surface area contributed by atoms with Gasteiger partial charge in [0.1, 0.15) is 0 Å². The summed E-state index contributed by atoms with van der Waals surface area (Å²) in [5.74, 6) is 1.66. The van der Waals surface area contributed by atoms with Gasteiger partial charge in [0.05, 0.1) is 10.1 Å². The SMILES string of the molecule is C=CCn1c(S[C@H](C)c2nnnn2C)nnc1-c1cccs1. The van der Waals surface area contributed by atoms with Crippen LogP contribution in [0.1, 0.15) is 18.0 Å². The van der Waals surface area contributed by atoms with Crippen LogP contribution in [0.25, 0.3) is 10.7 Å². The fourth-order valence-corrected chi connectivity index (χ4v) is 3.76. The lowest BCUT2D eigenvalue weighted by Crippen LogP contribution is -2.04. The van der Waals surface area contributed by atoms with E-state index in [4.69, 9.17) is 0 Å². The van der Waals surface area contributed by atoms with Gasteiger partial charge in [-0.15, -0.1) is 33.2 Å². The number of thiophene rings is 1. The van der Waals surface area contributed by atoms with Crippen molar-refractivity contribution in [2.75, 3.05) is 0 Å². The predicted molar refractivity (Wildman–Crippen MR) is 86.6 cm³/mol. The van der Waals surface area contributed by atoms with Crippen LogP contribution in [0.2, 0.25) is 0 Å². The Bertz CT molecular complexity index is 759. The molecule has 0 aliphatic carbocycles. The molecule has 3 rings (SSSR count). The molecule has 114 valence electrons. The molecule has 0 fully saturated rings. The maximum Gasteiger partial charge on any atom is 0.192 e. The second-order valence-electron chi connectivity index (χ2n) is 4.60. The molecular formula is C13H15N7S2. The van der Waals surface area contributed by atoms with Gasteiger partial charge in [-0.2, -0.15) is 0 Å². The standard InChI is InChI=1S/C13H15N7S2/c1-4-7-20-12(10-6-5-8-21-10)14-16-13(20)22-9(2)11-15-17-18-19(11)3/h4-6,8-9H,1,7H2,2-3H3/t9-/m1/s1. The smallest absolute Gasteiger partial charge is 0.192 e. The van der Waals surface area contributed by atoms with Gasteiger partial charge < -0.3 is 0 Å². The van der Waals surface area contributed by atoms with Gasteiger partial charge in [-0.3, -0.25) is 4.57 Å². The molecule has 0 aliphatic heterocycles. The van der Waals surface area contributed by atoms with E-state index in [-0.39, 0.29) is 5.25 Å². The number of rotatable bonds is 6. The van der Waals surface area contributed by atoms with Crippen LogP contribution in [0.15, 0.2) is 35.3 Å². The lowest BCUT2D eigenvalue weighted by atomic mass is 10.4. The summed E-state index contributed by atoms with van der Waals surface area (Å²) < 4.78 is 3.73. The van der Waals surface area contributed by atoms with E-state index >= 15 is 0 Å². The molecule has 0 unspecified atom stereocenters. The number of thioether (sulfide) groups is 1. The number of tetrazole rings is 1. The Hall–Kier alpha value is -2.00. The van der Waals surface area contributed by atoms with Crippen LogP contribution in [0.5, 0.6) is 0 Å². The van der Waals surface area contributed by atoms with E-state index in [9.17, 15) is 0 Å². The first-order chi connectivity index (χ1) is 10.7. The van der Waals surface area contributed by atoms with Crippen LogP contribution in [-0.2, 0) is 13.6 Å². The first-order valence-electron chi connectivity index (χ1n) is 6.67. The Balaban J connectivity index is 1.91. The number of aromatic nitrogens is 7. The van der Waals surface area contributed by atoms with E-state index in [1.165, 1.54) is 0 Å². The van der Waals surface area contributed by atoms with Gasteiger partial charge in [-0.1, -0.05) is 23.9 Å². The van der Waals surface area contributed by atoms with Crippen LogP contribution in [-0.4, -0.2) is 35.0 Å². The van der Waals surface area contributed by atoms with E-state index < -0.39 is 0 Å². The van der Waals surface area contributed by atoms with Crippen LogP contribution in [0.4, 0.5) is 0 Å². The van der Waals surface area contributed by atoms with Gasteiger partial charge in [0.15, 0.2) is 16.8 Å². The number of aryl methyl sites for hydroxylation is 1. The zero-order valence-corrected chi connectivity index (χ0v) is 13.9. The third kappa shape index (κ3) is 2.81. The molecule has 1 atom stereocenters. The summed E-state index contributed by atoms with van der Waals surface area (Å²) in [6.07, 6.45) is 1.85. The van der Waals surface area contributed by atoms with Crippen molar-refractivity contribution in [1.29, 1.82) is 0 Å². The third-order valence-electron chi connectivity index (χ3n) is 3.07. The minimum atomic E-state index is 0.0731. The largest absolute Gasteiger partial charge is 0.297 e. The number of nitrogens with zero attached hydrogens (tertiary/aromatic N) is 7. The second kappa shape index (κ2) is 6.41. The van der Waals surface area contributed by atoms with E-state index in [2.05, 4.69) is 36.9 Å². The molecular weight excluding hydrogens is 318 g/mol. The average molecular weight is 333 g/mol. The predicted octanol–water partition coefficient (Wildman–Crippen LogP) is 2.57. The zero-order chi connectivity index (χ0) is 15.5. The molecule has 0 radical (unpaired) electrons. The molecule has 0 aromatic carbocycles. The van der Waals surface area contributed by atoms with Gasteiger partial charge in [-0.25, -0.2) is 4.68 Å². The molecule has 7 nitrogen and oxygen atoms in total. The minimum Gasteiger partial charge on any atom is -0.297 e. The monoisotopic (exact) mass is 333 g/mol. The van der Waals surface area contributed by atoms with Crippen molar-refractivity contribution in [2.24, 2.45) is 7.05 Å². The lowest BCUT2D eigenvalue weighted by Gasteiger charge is -2.10. The summed E-state index contributed by atoms with van der Waals surface area (Å²) in [5.41, 5.74) is 0. The quantitative estimate of drug-likeness (QED) is 0.510. The van der Waals surface area contributed by atoms with Crippen molar-refractivity contribution in [3.63, 3.8) is 0 Å². The highest BCUT2D eigenvalue weighted by molar-refractivity contribution is 7.99. The lowest BCUT2D eigenvalue weighted by molar-refractivity contribution is 0.676. The van der Waals surface area contributed by atoms with Crippen LogP contribution in [0.3, 0.4) is 0 Å². The van der Waals surface area contributed by atoms with Crippen molar-refractivity contribution in [3.8, 4) is 10.7 Å². The van der Waals surface area contributed by atoms with E-state index in [0.717, 1.165) is 21.7 Å². The second-order valence-corrected chi connectivity index (χ2v) is 6.86. The molecule has 0 saturated carbocycles. The van der Waals surface area contributed by atoms with Crippen LogP contribution >= 0.6 is 23.1 Å². The summed E-state index contributed by atoms with van der Waals surface area (Å²) in [6, 6.07) is 4.05. The highest BCUT2D eigenvalue weighted by Gasteiger charge is 2.20. The highest BCUT2D eigenvalue weighted by Crippen LogP contribution is 2.34. The molecule has 3 aromatic heterocycles. The first kappa shape index (κ1) is 14.9. The van der Waals surface area contributed by atoms with Crippen LogP contribution in [0, 0.1) is 0 Å². The zero-order valence-electron chi connectivity index (χ0n) is 12.2. The van der Waals surface area contributed by atoms with Crippen molar-refractivity contribution < 1.29 is 0 Å². The first-order valence-corrected chi connectivity index (χ1v) is 8.43. The summed E-state index contributed by atoms with van der Waals surface area (Å²) in [4.78, 5) is 1.09.